The van der Waals surface area contributed by atoms with E-state index in [4.69, 9.17) is 11.5 Å². The van der Waals surface area contributed by atoms with Gasteiger partial charge in [0.05, 0.1) is 11.3 Å². The van der Waals surface area contributed by atoms with Crippen molar-refractivity contribution in [2.75, 3.05) is 11.1 Å². The third-order valence-electron chi connectivity index (χ3n) is 3.15. The molecule has 0 unspecified atom stereocenters. The first kappa shape index (κ1) is 13.9. The number of hydrogen-bond acceptors (Lipinski definition) is 3. The number of primary amides is 1. The highest BCUT2D eigenvalue weighted by Crippen LogP contribution is 2.28. The van der Waals surface area contributed by atoms with Gasteiger partial charge in [-0.05, 0) is 37.1 Å². The van der Waals surface area contributed by atoms with Crippen LogP contribution >= 0.6 is 0 Å². The summed E-state index contributed by atoms with van der Waals surface area (Å²) in [6, 6.07) is 8.18. The molecular formula is C15H16FN3O. The van der Waals surface area contributed by atoms with Crippen molar-refractivity contribution in [3.8, 4) is 0 Å². The lowest BCUT2D eigenvalue weighted by atomic mass is 10.1. The molecule has 20 heavy (non-hydrogen) atoms. The van der Waals surface area contributed by atoms with Crippen molar-refractivity contribution in [3.63, 3.8) is 0 Å². The van der Waals surface area contributed by atoms with Gasteiger partial charge in [-0.2, -0.15) is 0 Å². The van der Waals surface area contributed by atoms with Gasteiger partial charge in [0.25, 0.3) is 5.91 Å². The topological polar surface area (TPSA) is 81.1 Å². The summed E-state index contributed by atoms with van der Waals surface area (Å²) in [5.74, 6) is -1.22. The molecule has 0 bridgehead atoms. The summed E-state index contributed by atoms with van der Waals surface area (Å²) in [7, 11) is 0. The van der Waals surface area contributed by atoms with E-state index in [9.17, 15) is 9.18 Å². The maximum absolute atomic E-state index is 13.9. The van der Waals surface area contributed by atoms with E-state index in [-0.39, 0.29) is 16.9 Å². The van der Waals surface area contributed by atoms with Crippen LogP contribution in [0.25, 0.3) is 0 Å². The van der Waals surface area contributed by atoms with E-state index in [2.05, 4.69) is 5.32 Å². The summed E-state index contributed by atoms with van der Waals surface area (Å²) in [5.41, 5.74) is 13.8. The number of anilines is 3. The predicted molar refractivity (Wildman–Crippen MR) is 78.5 cm³/mol. The number of amides is 1. The number of benzene rings is 2. The number of para-hydroxylation sites is 1. The first-order valence-electron chi connectivity index (χ1n) is 6.12. The van der Waals surface area contributed by atoms with E-state index in [0.717, 1.165) is 22.9 Å². The summed E-state index contributed by atoms with van der Waals surface area (Å²) < 4.78 is 13.9. The Kier molecular flexibility index (Phi) is 3.61. The molecule has 4 nitrogen and oxygen atoms in total. The highest BCUT2D eigenvalue weighted by atomic mass is 19.1. The monoisotopic (exact) mass is 273 g/mol. The average Bonchev–Trinajstić information content (AvgIpc) is 2.35. The molecule has 0 aromatic heterocycles. The molecule has 0 saturated heterocycles. The highest BCUT2D eigenvalue weighted by Gasteiger charge is 2.13. The Bertz CT molecular complexity index is 663. The highest BCUT2D eigenvalue weighted by molar-refractivity contribution is 5.99. The van der Waals surface area contributed by atoms with Crippen molar-refractivity contribution in [3.05, 3.63) is 52.8 Å². The van der Waals surface area contributed by atoms with Crippen LogP contribution in [0.3, 0.4) is 0 Å². The average molecular weight is 273 g/mol. The second kappa shape index (κ2) is 5.21. The van der Waals surface area contributed by atoms with E-state index >= 15 is 0 Å². The predicted octanol–water partition coefficient (Wildman–Crippen LogP) is 2.87. The number of nitrogens with one attached hydrogen (secondary N) is 1. The molecule has 1 amide bonds. The van der Waals surface area contributed by atoms with Crippen LogP contribution in [0.15, 0.2) is 30.3 Å². The minimum Gasteiger partial charge on any atom is -0.398 e. The van der Waals surface area contributed by atoms with Crippen molar-refractivity contribution < 1.29 is 9.18 Å². The van der Waals surface area contributed by atoms with E-state index in [1.54, 1.807) is 0 Å². The molecule has 0 radical (unpaired) electrons. The SMILES string of the molecule is Cc1cccc(C)c1Nc1cc(C(N)=O)c(N)cc1F. The number of nitrogen functional groups attached to an aromatic ring is 1. The van der Waals surface area contributed by atoms with Gasteiger partial charge in [0.1, 0.15) is 5.82 Å². The molecule has 0 atom stereocenters. The van der Waals surface area contributed by atoms with Gasteiger partial charge in [0.15, 0.2) is 0 Å². The minimum atomic E-state index is -0.688. The third kappa shape index (κ3) is 2.56. The van der Waals surface area contributed by atoms with Gasteiger partial charge < -0.3 is 16.8 Å². The second-order valence-corrected chi connectivity index (χ2v) is 4.68. The fourth-order valence-corrected chi connectivity index (χ4v) is 2.04. The molecule has 2 aromatic carbocycles. The molecule has 2 rings (SSSR count). The number of hydrogen-bond donors (Lipinski definition) is 3. The molecule has 0 aliphatic heterocycles. The van der Waals surface area contributed by atoms with Crippen LogP contribution in [0.2, 0.25) is 0 Å². The number of rotatable bonds is 3. The number of carbonyl (C=O) groups excluding carboxylic acids is 1. The molecule has 5 N–H and O–H groups in total. The van der Waals surface area contributed by atoms with Crippen molar-refractivity contribution in [1.82, 2.24) is 0 Å². The molecule has 0 aliphatic rings. The summed E-state index contributed by atoms with van der Waals surface area (Å²) >= 11 is 0. The van der Waals surface area contributed by atoms with E-state index in [1.165, 1.54) is 6.07 Å². The Morgan fingerprint density at radius 1 is 1.20 bits per heavy atom. The van der Waals surface area contributed by atoms with Crippen LogP contribution in [0.4, 0.5) is 21.5 Å². The normalized spacial score (nSPS) is 10.3. The van der Waals surface area contributed by atoms with Crippen LogP contribution < -0.4 is 16.8 Å². The summed E-state index contributed by atoms with van der Waals surface area (Å²) in [5, 5.41) is 2.99. The van der Waals surface area contributed by atoms with Crippen LogP contribution in [0, 0.1) is 19.7 Å². The third-order valence-corrected chi connectivity index (χ3v) is 3.15. The Morgan fingerprint density at radius 3 is 2.35 bits per heavy atom. The Morgan fingerprint density at radius 2 is 1.80 bits per heavy atom. The lowest BCUT2D eigenvalue weighted by molar-refractivity contribution is 0.100. The van der Waals surface area contributed by atoms with Gasteiger partial charge in [0.2, 0.25) is 0 Å². The zero-order valence-corrected chi connectivity index (χ0v) is 11.3. The fourth-order valence-electron chi connectivity index (χ4n) is 2.04. The summed E-state index contributed by atoms with van der Waals surface area (Å²) in [4.78, 5) is 11.3. The zero-order valence-electron chi connectivity index (χ0n) is 11.3. The van der Waals surface area contributed by atoms with E-state index in [1.807, 2.05) is 32.0 Å². The standard InChI is InChI=1S/C15H16FN3O/c1-8-4-3-5-9(2)14(8)19-13-6-10(15(18)20)12(17)7-11(13)16/h3-7,19H,17H2,1-2H3,(H2,18,20). The van der Waals surface area contributed by atoms with Crippen LogP contribution in [-0.4, -0.2) is 5.91 Å². The van der Waals surface area contributed by atoms with E-state index < -0.39 is 11.7 Å². The fraction of sp³-hybridized carbons (Fsp3) is 0.133. The van der Waals surface area contributed by atoms with Crippen molar-refractivity contribution in [1.29, 1.82) is 0 Å². The minimum absolute atomic E-state index is 0.0297. The Balaban J connectivity index is 2.49. The second-order valence-electron chi connectivity index (χ2n) is 4.68. The van der Waals surface area contributed by atoms with Crippen molar-refractivity contribution >= 4 is 23.0 Å². The first-order chi connectivity index (χ1) is 9.40. The largest absolute Gasteiger partial charge is 0.398 e. The smallest absolute Gasteiger partial charge is 0.250 e. The van der Waals surface area contributed by atoms with Crippen molar-refractivity contribution in [2.24, 2.45) is 5.73 Å². The summed E-state index contributed by atoms with van der Waals surface area (Å²) in [6.45, 7) is 3.83. The maximum Gasteiger partial charge on any atom is 0.250 e. The summed E-state index contributed by atoms with van der Waals surface area (Å²) in [6.07, 6.45) is 0. The van der Waals surface area contributed by atoms with Gasteiger partial charge in [-0.1, -0.05) is 18.2 Å². The number of nitrogens with two attached hydrogens (primary N) is 2. The van der Waals surface area contributed by atoms with Gasteiger partial charge in [-0.25, -0.2) is 4.39 Å². The molecule has 5 heteroatoms. The molecule has 0 fully saturated rings. The van der Waals surface area contributed by atoms with Gasteiger partial charge in [-0.15, -0.1) is 0 Å². The molecular weight excluding hydrogens is 257 g/mol. The molecule has 2 aromatic rings. The quantitative estimate of drug-likeness (QED) is 0.752. The molecule has 0 aliphatic carbocycles. The van der Waals surface area contributed by atoms with E-state index in [0.29, 0.717) is 0 Å². The molecule has 0 heterocycles. The number of carbonyl (C=O) groups is 1. The van der Waals surface area contributed by atoms with Gasteiger partial charge >= 0.3 is 0 Å². The zero-order chi connectivity index (χ0) is 14.9. The first-order valence-corrected chi connectivity index (χ1v) is 6.12. The molecule has 0 spiro atoms. The van der Waals surface area contributed by atoms with Gasteiger partial charge in [0, 0.05) is 11.4 Å². The Hall–Kier alpha value is -2.56. The molecule has 0 saturated carbocycles. The Labute approximate surface area is 116 Å². The van der Waals surface area contributed by atoms with Crippen molar-refractivity contribution in [2.45, 2.75) is 13.8 Å². The van der Waals surface area contributed by atoms with Crippen LogP contribution in [0.5, 0.6) is 0 Å². The molecule has 104 valence electrons. The number of aryl methyl sites for hydroxylation is 2. The van der Waals surface area contributed by atoms with Crippen LogP contribution in [0.1, 0.15) is 21.5 Å². The maximum atomic E-state index is 13.9. The number of halogens is 1. The lowest BCUT2D eigenvalue weighted by Crippen LogP contribution is -2.14. The lowest BCUT2D eigenvalue weighted by Gasteiger charge is -2.14. The van der Waals surface area contributed by atoms with Crippen LogP contribution in [-0.2, 0) is 0 Å². The van der Waals surface area contributed by atoms with Gasteiger partial charge in [-0.3, -0.25) is 4.79 Å².